The molecule has 0 aromatic heterocycles. The number of allylic oxidation sites excluding steroid dienone is 2. The summed E-state index contributed by atoms with van der Waals surface area (Å²) in [7, 11) is 0. The van der Waals surface area contributed by atoms with Crippen molar-refractivity contribution in [1.82, 2.24) is 4.90 Å². The fourth-order valence-electron chi connectivity index (χ4n) is 5.22. The molecule has 2 aliphatic carbocycles. The molecule has 2 saturated carbocycles. The van der Waals surface area contributed by atoms with Gasteiger partial charge >= 0.3 is 0 Å². The normalized spacial score (nSPS) is 30.0. The number of aliphatic hydroxyl groups excluding tert-OH is 2. The van der Waals surface area contributed by atoms with Crippen LogP contribution in [0.5, 0.6) is 0 Å². The maximum absolute atomic E-state index is 10.5. The van der Waals surface area contributed by atoms with Crippen molar-refractivity contribution in [3.8, 4) is 0 Å². The summed E-state index contributed by atoms with van der Waals surface area (Å²) in [4.78, 5) is 2.50. The molecule has 3 heteroatoms. The Bertz CT molecular complexity index is 483. The van der Waals surface area contributed by atoms with Crippen LogP contribution in [0.15, 0.2) is 23.8 Å². The zero-order valence-electron chi connectivity index (χ0n) is 18.7. The van der Waals surface area contributed by atoms with Crippen LogP contribution in [-0.2, 0) is 0 Å². The molecule has 0 unspecified atom stereocenters. The van der Waals surface area contributed by atoms with Crippen molar-refractivity contribution in [2.75, 3.05) is 19.6 Å². The predicted molar refractivity (Wildman–Crippen MR) is 119 cm³/mol. The number of rotatable bonds is 13. The van der Waals surface area contributed by atoms with Crippen LogP contribution < -0.4 is 0 Å². The van der Waals surface area contributed by atoms with Gasteiger partial charge in [0.25, 0.3) is 0 Å². The lowest BCUT2D eigenvalue weighted by atomic mass is 9.90. The molecule has 2 N–H and O–H groups in total. The summed E-state index contributed by atoms with van der Waals surface area (Å²) in [5.74, 6) is 1.46. The second-order valence-electron chi connectivity index (χ2n) is 9.05. The standard InChI is InChI=1S/C25H45NO2/c1-4-7-9-13-22(27)14-15-23-24-18-20(17-21(24)19-25(23)28)12-10-8-11-16-26(5-2)6-3/h12,14-15,21-25,27-28H,4-11,13,16-19H2,1-3H3/b15-14+,20-12+/t21-,22-,23+,24-,25+/m0/s1. The highest BCUT2D eigenvalue weighted by Crippen LogP contribution is 2.50. The number of nitrogens with zero attached hydrogens (tertiary/aromatic N) is 1. The van der Waals surface area contributed by atoms with Crippen LogP contribution in [0.1, 0.15) is 85.0 Å². The third kappa shape index (κ3) is 7.31. The van der Waals surface area contributed by atoms with Crippen molar-refractivity contribution in [3.63, 3.8) is 0 Å². The van der Waals surface area contributed by atoms with Gasteiger partial charge in [0.15, 0.2) is 0 Å². The van der Waals surface area contributed by atoms with Gasteiger partial charge in [-0.1, -0.05) is 63.8 Å². The first kappa shape index (κ1) is 23.6. The molecule has 28 heavy (non-hydrogen) atoms. The third-order valence-electron chi connectivity index (χ3n) is 7.03. The Morgan fingerprint density at radius 2 is 1.86 bits per heavy atom. The molecule has 2 fully saturated rings. The van der Waals surface area contributed by atoms with Crippen LogP contribution >= 0.6 is 0 Å². The smallest absolute Gasteiger partial charge is 0.0721 e. The molecule has 0 spiro atoms. The van der Waals surface area contributed by atoms with E-state index in [0.717, 1.165) is 38.8 Å². The average molecular weight is 392 g/mol. The Labute approximate surface area is 173 Å². The Kier molecular flexibility index (Phi) is 10.8. The Morgan fingerprint density at radius 1 is 1.07 bits per heavy atom. The Hall–Kier alpha value is -0.640. The third-order valence-corrected chi connectivity index (χ3v) is 7.03. The van der Waals surface area contributed by atoms with Crippen molar-refractivity contribution in [1.29, 1.82) is 0 Å². The fourth-order valence-corrected chi connectivity index (χ4v) is 5.22. The highest BCUT2D eigenvalue weighted by atomic mass is 16.3. The molecule has 0 aromatic carbocycles. The SMILES string of the molecule is CCCCC[C@H](O)/C=C/[C@@H]1[C@H]2C/C(=C/CCCCN(CC)CC)C[C@H]2C[C@H]1O. The van der Waals surface area contributed by atoms with Crippen LogP contribution in [-0.4, -0.2) is 47.0 Å². The molecule has 0 amide bonds. The zero-order chi connectivity index (χ0) is 20.4. The number of aliphatic hydroxyl groups is 2. The van der Waals surface area contributed by atoms with Gasteiger partial charge in [-0.2, -0.15) is 0 Å². The second kappa shape index (κ2) is 12.8. The molecular weight excluding hydrogens is 346 g/mol. The lowest BCUT2D eigenvalue weighted by Crippen LogP contribution is -2.23. The second-order valence-corrected chi connectivity index (χ2v) is 9.05. The molecule has 0 bridgehead atoms. The molecule has 0 aromatic rings. The van der Waals surface area contributed by atoms with E-state index in [1.54, 1.807) is 5.57 Å². The van der Waals surface area contributed by atoms with Crippen LogP contribution in [0.25, 0.3) is 0 Å². The highest BCUT2D eigenvalue weighted by Gasteiger charge is 2.44. The minimum absolute atomic E-state index is 0.218. The average Bonchev–Trinajstić information content (AvgIpc) is 3.19. The van der Waals surface area contributed by atoms with Gasteiger partial charge in [0.05, 0.1) is 12.2 Å². The maximum atomic E-state index is 10.5. The summed E-state index contributed by atoms with van der Waals surface area (Å²) in [6.45, 7) is 10.2. The molecule has 0 radical (unpaired) electrons. The zero-order valence-corrected chi connectivity index (χ0v) is 18.7. The monoisotopic (exact) mass is 391 g/mol. The van der Waals surface area contributed by atoms with E-state index in [4.69, 9.17) is 0 Å². The number of unbranched alkanes of at least 4 members (excludes halogenated alkanes) is 4. The summed E-state index contributed by atoms with van der Waals surface area (Å²) in [6, 6.07) is 0. The van der Waals surface area contributed by atoms with E-state index >= 15 is 0 Å². The molecular formula is C25H45NO2. The van der Waals surface area contributed by atoms with Crippen molar-refractivity contribution < 1.29 is 10.2 Å². The van der Waals surface area contributed by atoms with E-state index in [9.17, 15) is 10.2 Å². The number of hydrogen-bond donors (Lipinski definition) is 2. The summed E-state index contributed by atoms with van der Waals surface area (Å²) in [5.41, 5.74) is 1.62. The van der Waals surface area contributed by atoms with Gasteiger partial charge in [-0.05, 0) is 76.4 Å². The van der Waals surface area contributed by atoms with Gasteiger partial charge in [-0.25, -0.2) is 0 Å². The van der Waals surface area contributed by atoms with Crippen molar-refractivity contribution >= 4 is 0 Å². The van der Waals surface area contributed by atoms with Crippen LogP contribution in [0.2, 0.25) is 0 Å². The molecule has 2 rings (SSSR count). The quantitative estimate of drug-likeness (QED) is 0.329. The van der Waals surface area contributed by atoms with E-state index < -0.39 is 0 Å². The fraction of sp³-hybridized carbons (Fsp3) is 0.840. The summed E-state index contributed by atoms with van der Waals surface area (Å²) in [5, 5.41) is 20.7. The van der Waals surface area contributed by atoms with Crippen molar-refractivity contribution in [2.24, 2.45) is 17.8 Å². The van der Waals surface area contributed by atoms with Gasteiger partial charge in [0, 0.05) is 5.92 Å². The van der Waals surface area contributed by atoms with E-state index in [2.05, 4.69) is 37.8 Å². The first-order chi connectivity index (χ1) is 13.6. The van der Waals surface area contributed by atoms with Crippen molar-refractivity contribution in [3.05, 3.63) is 23.8 Å². The van der Waals surface area contributed by atoms with E-state index in [-0.39, 0.29) is 18.1 Å². The van der Waals surface area contributed by atoms with Gasteiger partial charge in [-0.15, -0.1) is 0 Å². The Balaban J connectivity index is 1.75. The van der Waals surface area contributed by atoms with Crippen LogP contribution in [0, 0.1) is 17.8 Å². The van der Waals surface area contributed by atoms with Crippen molar-refractivity contribution in [2.45, 2.75) is 97.2 Å². The van der Waals surface area contributed by atoms with Gasteiger partial charge < -0.3 is 15.1 Å². The molecule has 0 heterocycles. The Morgan fingerprint density at radius 3 is 2.57 bits per heavy atom. The minimum Gasteiger partial charge on any atom is -0.392 e. The maximum Gasteiger partial charge on any atom is 0.0721 e. The van der Waals surface area contributed by atoms with E-state index in [1.165, 1.54) is 45.1 Å². The van der Waals surface area contributed by atoms with E-state index in [0.29, 0.717) is 11.8 Å². The molecule has 162 valence electrons. The largest absolute Gasteiger partial charge is 0.392 e. The van der Waals surface area contributed by atoms with Gasteiger partial charge in [0.1, 0.15) is 0 Å². The summed E-state index contributed by atoms with van der Waals surface area (Å²) < 4.78 is 0. The number of hydrogen-bond acceptors (Lipinski definition) is 3. The summed E-state index contributed by atoms with van der Waals surface area (Å²) in [6.07, 6.45) is 17.4. The predicted octanol–water partition coefficient (Wildman–Crippen LogP) is 5.33. The molecule has 5 atom stereocenters. The lowest BCUT2D eigenvalue weighted by molar-refractivity contribution is 0.139. The first-order valence-corrected chi connectivity index (χ1v) is 12.0. The first-order valence-electron chi connectivity index (χ1n) is 12.0. The lowest BCUT2D eigenvalue weighted by Gasteiger charge is -2.18. The molecule has 0 saturated heterocycles. The highest BCUT2D eigenvalue weighted by molar-refractivity contribution is 5.17. The number of fused-ring (bicyclic) bond motifs is 1. The minimum atomic E-state index is -0.347. The van der Waals surface area contributed by atoms with Crippen LogP contribution in [0.3, 0.4) is 0 Å². The topological polar surface area (TPSA) is 43.7 Å². The van der Waals surface area contributed by atoms with Gasteiger partial charge in [-0.3, -0.25) is 0 Å². The molecule has 3 nitrogen and oxygen atoms in total. The van der Waals surface area contributed by atoms with E-state index in [1.807, 2.05) is 6.08 Å². The summed E-state index contributed by atoms with van der Waals surface area (Å²) >= 11 is 0. The molecule has 2 aliphatic rings. The van der Waals surface area contributed by atoms with Crippen LogP contribution in [0.4, 0.5) is 0 Å². The van der Waals surface area contributed by atoms with Gasteiger partial charge in [0.2, 0.25) is 0 Å². The molecule has 0 aliphatic heterocycles.